The summed E-state index contributed by atoms with van der Waals surface area (Å²) in [5, 5.41) is 13.3. The quantitative estimate of drug-likeness (QED) is 0.642. The molecule has 1 saturated carbocycles. The van der Waals surface area contributed by atoms with Crippen molar-refractivity contribution in [2.75, 3.05) is 26.2 Å². The smallest absolute Gasteiger partial charge is 0.222 e. The molecule has 21 heavy (non-hydrogen) atoms. The Morgan fingerprint density at radius 3 is 2.67 bits per heavy atom. The first-order valence-corrected chi connectivity index (χ1v) is 8.40. The number of carbonyl (C=O) groups is 1. The summed E-state index contributed by atoms with van der Waals surface area (Å²) in [6.45, 7) is 7.22. The summed E-state index contributed by atoms with van der Waals surface area (Å²) in [6, 6.07) is 0.191. The molecule has 1 aliphatic heterocycles. The molecule has 2 aliphatic rings. The van der Waals surface area contributed by atoms with Crippen molar-refractivity contribution in [2.24, 2.45) is 23.5 Å². The molecule has 2 fully saturated rings. The highest BCUT2D eigenvalue weighted by molar-refractivity contribution is 5.78. The van der Waals surface area contributed by atoms with E-state index in [1.54, 1.807) is 0 Å². The molecule has 5 nitrogen and oxygen atoms in total. The lowest BCUT2D eigenvalue weighted by Gasteiger charge is -2.39. The van der Waals surface area contributed by atoms with Gasteiger partial charge in [0.2, 0.25) is 5.91 Å². The van der Waals surface area contributed by atoms with Crippen molar-refractivity contribution in [3.63, 3.8) is 0 Å². The summed E-state index contributed by atoms with van der Waals surface area (Å²) in [6.07, 6.45) is 4.03. The molecule has 0 bridgehead atoms. The number of nitrogens with zero attached hydrogens (tertiary/aromatic N) is 1. The van der Waals surface area contributed by atoms with Crippen LogP contribution in [0.3, 0.4) is 0 Å². The van der Waals surface area contributed by atoms with Gasteiger partial charge in [-0.2, -0.15) is 0 Å². The Morgan fingerprint density at radius 2 is 2.10 bits per heavy atom. The topological polar surface area (TPSA) is 78.6 Å². The molecule has 2 rings (SSSR count). The Labute approximate surface area is 128 Å². The zero-order valence-corrected chi connectivity index (χ0v) is 13.4. The molecule has 1 heterocycles. The van der Waals surface area contributed by atoms with Crippen molar-refractivity contribution in [2.45, 2.75) is 51.7 Å². The first kappa shape index (κ1) is 16.7. The maximum absolute atomic E-state index is 11.9. The van der Waals surface area contributed by atoms with Crippen LogP contribution in [-0.2, 0) is 4.79 Å². The summed E-state index contributed by atoms with van der Waals surface area (Å²) in [4.78, 5) is 14.3. The van der Waals surface area contributed by atoms with E-state index in [9.17, 15) is 9.90 Å². The van der Waals surface area contributed by atoms with E-state index in [2.05, 4.69) is 10.2 Å². The van der Waals surface area contributed by atoms with Crippen molar-refractivity contribution >= 4 is 5.91 Å². The number of piperidine rings is 1. The predicted molar refractivity (Wildman–Crippen MR) is 83.7 cm³/mol. The van der Waals surface area contributed by atoms with E-state index in [1.807, 2.05) is 13.8 Å². The van der Waals surface area contributed by atoms with Gasteiger partial charge in [-0.25, -0.2) is 0 Å². The minimum absolute atomic E-state index is 0.0189. The fourth-order valence-corrected chi connectivity index (χ4v) is 3.33. The van der Waals surface area contributed by atoms with Crippen LogP contribution in [0.25, 0.3) is 0 Å². The van der Waals surface area contributed by atoms with Gasteiger partial charge in [0, 0.05) is 38.1 Å². The number of likely N-dealkylation sites (tertiary alicyclic amines) is 1. The van der Waals surface area contributed by atoms with Crippen molar-refractivity contribution in [3.8, 4) is 0 Å². The monoisotopic (exact) mass is 297 g/mol. The molecule has 122 valence electrons. The molecule has 0 aromatic heterocycles. The van der Waals surface area contributed by atoms with E-state index in [1.165, 1.54) is 12.8 Å². The first-order chi connectivity index (χ1) is 9.99. The molecule has 5 heteroatoms. The lowest BCUT2D eigenvalue weighted by Crippen LogP contribution is -2.52. The van der Waals surface area contributed by atoms with Gasteiger partial charge in [0.05, 0.1) is 6.10 Å². The molecule has 0 spiro atoms. The standard InChI is InChI=1S/C16H31N3O2/c1-11(2)16(21)18-14-7-12(8-15(20)13-3-4-13)9-19(10-14)6-5-17/h11-15,20H,3-10,17H2,1-2H3,(H,18,21). The minimum atomic E-state index is -0.158. The molecule has 3 unspecified atom stereocenters. The van der Waals surface area contributed by atoms with E-state index >= 15 is 0 Å². The predicted octanol–water partition coefficient (Wildman–Crippen LogP) is 0.569. The van der Waals surface area contributed by atoms with Gasteiger partial charge in [0.1, 0.15) is 0 Å². The van der Waals surface area contributed by atoms with E-state index in [4.69, 9.17) is 5.73 Å². The average molecular weight is 297 g/mol. The SMILES string of the molecule is CC(C)C(=O)NC1CC(CC(O)C2CC2)CN(CCN)C1. The molecule has 1 saturated heterocycles. The van der Waals surface area contributed by atoms with Crippen LogP contribution in [0.1, 0.15) is 39.5 Å². The van der Waals surface area contributed by atoms with Crippen LogP contribution in [0.15, 0.2) is 0 Å². The van der Waals surface area contributed by atoms with E-state index in [-0.39, 0.29) is 24.0 Å². The first-order valence-electron chi connectivity index (χ1n) is 8.40. The van der Waals surface area contributed by atoms with Gasteiger partial charge in [-0.15, -0.1) is 0 Å². The molecular formula is C16H31N3O2. The molecule has 3 atom stereocenters. The van der Waals surface area contributed by atoms with Crippen molar-refractivity contribution in [1.29, 1.82) is 0 Å². The van der Waals surface area contributed by atoms with Crippen LogP contribution in [0.5, 0.6) is 0 Å². The highest BCUT2D eigenvalue weighted by atomic mass is 16.3. The fraction of sp³-hybridized carbons (Fsp3) is 0.938. The van der Waals surface area contributed by atoms with Gasteiger partial charge in [-0.3, -0.25) is 9.69 Å². The number of amides is 1. The second-order valence-electron chi connectivity index (χ2n) is 7.15. The van der Waals surface area contributed by atoms with Crippen LogP contribution in [0.2, 0.25) is 0 Å². The summed E-state index contributed by atoms with van der Waals surface area (Å²) in [5.41, 5.74) is 5.68. The number of aliphatic hydroxyl groups excluding tert-OH is 1. The fourth-order valence-electron chi connectivity index (χ4n) is 3.33. The maximum Gasteiger partial charge on any atom is 0.222 e. The molecule has 1 amide bonds. The normalized spacial score (nSPS) is 28.6. The Bertz CT molecular complexity index is 344. The third-order valence-corrected chi connectivity index (χ3v) is 4.67. The van der Waals surface area contributed by atoms with E-state index < -0.39 is 0 Å². The lowest BCUT2D eigenvalue weighted by atomic mass is 9.88. The van der Waals surface area contributed by atoms with Crippen molar-refractivity contribution in [1.82, 2.24) is 10.2 Å². The number of carbonyl (C=O) groups excluding carboxylic acids is 1. The summed E-state index contributed by atoms with van der Waals surface area (Å²) in [5.74, 6) is 1.12. The number of aliphatic hydroxyl groups is 1. The molecule has 0 radical (unpaired) electrons. The van der Waals surface area contributed by atoms with E-state index in [0.29, 0.717) is 18.4 Å². The van der Waals surface area contributed by atoms with Crippen molar-refractivity contribution < 1.29 is 9.90 Å². The lowest BCUT2D eigenvalue weighted by molar-refractivity contribution is -0.125. The summed E-state index contributed by atoms with van der Waals surface area (Å²) < 4.78 is 0. The third-order valence-electron chi connectivity index (χ3n) is 4.67. The number of nitrogens with two attached hydrogens (primary N) is 1. The van der Waals surface area contributed by atoms with Crippen molar-refractivity contribution in [3.05, 3.63) is 0 Å². The zero-order valence-electron chi connectivity index (χ0n) is 13.4. The molecule has 4 N–H and O–H groups in total. The van der Waals surface area contributed by atoms with Gasteiger partial charge < -0.3 is 16.2 Å². The highest BCUT2D eigenvalue weighted by Gasteiger charge is 2.34. The number of nitrogens with one attached hydrogen (secondary N) is 1. The molecular weight excluding hydrogens is 266 g/mol. The number of hydrogen-bond acceptors (Lipinski definition) is 4. The second kappa shape index (κ2) is 7.56. The van der Waals surface area contributed by atoms with Gasteiger partial charge >= 0.3 is 0 Å². The average Bonchev–Trinajstić information content (AvgIpc) is 3.22. The highest BCUT2D eigenvalue weighted by Crippen LogP contribution is 2.36. The van der Waals surface area contributed by atoms with Crippen LogP contribution in [0.4, 0.5) is 0 Å². The summed E-state index contributed by atoms with van der Waals surface area (Å²) in [7, 11) is 0. The van der Waals surface area contributed by atoms with E-state index in [0.717, 1.165) is 32.5 Å². The second-order valence-corrected chi connectivity index (χ2v) is 7.15. The zero-order chi connectivity index (χ0) is 15.4. The third kappa shape index (κ3) is 5.24. The van der Waals surface area contributed by atoms with Gasteiger partial charge in [-0.05, 0) is 37.5 Å². The van der Waals surface area contributed by atoms with Crippen LogP contribution in [-0.4, -0.2) is 54.2 Å². The van der Waals surface area contributed by atoms with Crippen LogP contribution < -0.4 is 11.1 Å². The Kier molecular flexibility index (Phi) is 6.02. The van der Waals surface area contributed by atoms with Gasteiger partial charge in [0.15, 0.2) is 0 Å². The Morgan fingerprint density at radius 1 is 1.38 bits per heavy atom. The number of rotatable bonds is 7. The molecule has 0 aromatic rings. The van der Waals surface area contributed by atoms with Crippen LogP contribution >= 0.6 is 0 Å². The largest absolute Gasteiger partial charge is 0.393 e. The maximum atomic E-state index is 11.9. The molecule has 0 aromatic carbocycles. The molecule has 1 aliphatic carbocycles. The Hall–Kier alpha value is -0.650. The minimum Gasteiger partial charge on any atom is -0.393 e. The van der Waals surface area contributed by atoms with Gasteiger partial charge in [0.25, 0.3) is 0 Å². The number of hydrogen-bond donors (Lipinski definition) is 3. The Balaban J connectivity index is 1.88. The van der Waals surface area contributed by atoms with Crippen LogP contribution in [0, 0.1) is 17.8 Å². The van der Waals surface area contributed by atoms with Gasteiger partial charge in [-0.1, -0.05) is 13.8 Å². The summed E-state index contributed by atoms with van der Waals surface area (Å²) >= 11 is 0.